The van der Waals surface area contributed by atoms with E-state index in [2.05, 4.69) is 15.3 Å². The van der Waals surface area contributed by atoms with Crippen LogP contribution in [0, 0.1) is 10.1 Å². The standard InChI is InChI=1S/C10H16N4O3S/c1-3-4-11-10-12-5-8(14(16)17)9(13-10)18-7(2)6-15/h5,7,15H,3-4,6H2,1-2H3,(H,11,12,13). The molecular formula is C10H16N4O3S. The van der Waals surface area contributed by atoms with Crippen LogP contribution in [0.15, 0.2) is 11.2 Å². The van der Waals surface area contributed by atoms with E-state index in [-0.39, 0.29) is 22.6 Å². The molecule has 1 rings (SSSR count). The summed E-state index contributed by atoms with van der Waals surface area (Å²) in [5.74, 6) is 0.370. The van der Waals surface area contributed by atoms with Gasteiger partial charge < -0.3 is 10.4 Å². The van der Waals surface area contributed by atoms with Crippen LogP contribution >= 0.6 is 11.8 Å². The molecule has 1 unspecified atom stereocenters. The molecular weight excluding hydrogens is 256 g/mol. The Kier molecular flexibility index (Phi) is 5.79. The van der Waals surface area contributed by atoms with Gasteiger partial charge >= 0.3 is 5.69 Å². The molecule has 1 atom stereocenters. The number of aliphatic hydroxyl groups is 1. The number of nitrogens with one attached hydrogen (secondary N) is 1. The molecule has 8 heteroatoms. The Balaban J connectivity index is 2.95. The van der Waals surface area contributed by atoms with Crippen LogP contribution in [0.4, 0.5) is 11.6 Å². The van der Waals surface area contributed by atoms with Gasteiger partial charge in [-0.3, -0.25) is 10.1 Å². The molecule has 18 heavy (non-hydrogen) atoms. The van der Waals surface area contributed by atoms with Crippen LogP contribution in [0.3, 0.4) is 0 Å². The largest absolute Gasteiger partial charge is 0.395 e. The maximum Gasteiger partial charge on any atom is 0.319 e. The predicted molar refractivity (Wildman–Crippen MR) is 69.9 cm³/mol. The molecule has 7 nitrogen and oxygen atoms in total. The molecule has 0 spiro atoms. The van der Waals surface area contributed by atoms with Gasteiger partial charge in [0, 0.05) is 11.8 Å². The fourth-order valence-corrected chi connectivity index (χ4v) is 1.96. The highest BCUT2D eigenvalue weighted by molar-refractivity contribution is 8.00. The summed E-state index contributed by atoms with van der Waals surface area (Å²) in [6.07, 6.45) is 2.10. The van der Waals surface area contributed by atoms with Gasteiger partial charge in [0.2, 0.25) is 5.95 Å². The summed E-state index contributed by atoms with van der Waals surface area (Å²) < 4.78 is 0. The second-order valence-corrected chi connectivity index (χ2v) is 5.11. The summed E-state index contributed by atoms with van der Waals surface area (Å²) in [5.41, 5.74) is -0.137. The maximum absolute atomic E-state index is 10.8. The van der Waals surface area contributed by atoms with Crippen molar-refractivity contribution in [3.63, 3.8) is 0 Å². The van der Waals surface area contributed by atoms with Crippen molar-refractivity contribution in [2.75, 3.05) is 18.5 Å². The minimum absolute atomic E-state index is 0.0659. The lowest BCUT2D eigenvalue weighted by atomic mass is 10.5. The van der Waals surface area contributed by atoms with Crippen LogP contribution in [-0.2, 0) is 0 Å². The van der Waals surface area contributed by atoms with E-state index in [0.717, 1.165) is 18.2 Å². The fourth-order valence-electron chi connectivity index (χ4n) is 1.12. The van der Waals surface area contributed by atoms with Gasteiger partial charge in [-0.15, -0.1) is 0 Å². The molecule has 0 aliphatic carbocycles. The van der Waals surface area contributed by atoms with Crippen molar-refractivity contribution in [2.24, 2.45) is 0 Å². The summed E-state index contributed by atoms with van der Waals surface area (Å²) in [4.78, 5) is 18.3. The van der Waals surface area contributed by atoms with Crippen molar-refractivity contribution in [1.29, 1.82) is 0 Å². The van der Waals surface area contributed by atoms with Gasteiger partial charge in [-0.2, -0.15) is 4.98 Å². The molecule has 0 fully saturated rings. The topological polar surface area (TPSA) is 101 Å². The lowest BCUT2D eigenvalue weighted by molar-refractivity contribution is -0.388. The van der Waals surface area contributed by atoms with Gasteiger partial charge in [0.1, 0.15) is 6.20 Å². The average molecular weight is 272 g/mol. The Morgan fingerprint density at radius 3 is 2.94 bits per heavy atom. The minimum Gasteiger partial charge on any atom is -0.395 e. The van der Waals surface area contributed by atoms with Crippen molar-refractivity contribution in [2.45, 2.75) is 30.5 Å². The summed E-state index contributed by atoms with van der Waals surface area (Å²) in [6.45, 7) is 4.42. The van der Waals surface area contributed by atoms with E-state index < -0.39 is 4.92 Å². The van der Waals surface area contributed by atoms with E-state index in [9.17, 15) is 10.1 Å². The second-order valence-electron chi connectivity index (χ2n) is 3.68. The smallest absolute Gasteiger partial charge is 0.319 e. The molecule has 1 aromatic heterocycles. The third-order valence-corrected chi connectivity index (χ3v) is 3.11. The summed E-state index contributed by atoms with van der Waals surface area (Å²) in [5, 5.41) is 22.9. The molecule has 0 saturated carbocycles. The fraction of sp³-hybridized carbons (Fsp3) is 0.600. The van der Waals surface area contributed by atoms with E-state index in [1.165, 1.54) is 6.20 Å². The molecule has 0 amide bonds. The molecule has 0 saturated heterocycles. The number of anilines is 1. The normalized spacial score (nSPS) is 12.2. The molecule has 2 N–H and O–H groups in total. The van der Waals surface area contributed by atoms with Crippen molar-refractivity contribution in [3.8, 4) is 0 Å². The first-order valence-corrected chi connectivity index (χ1v) is 6.49. The predicted octanol–water partition coefficient (Wildman–Crippen LogP) is 1.68. The first kappa shape index (κ1) is 14.7. The first-order valence-electron chi connectivity index (χ1n) is 5.61. The molecule has 1 aromatic rings. The zero-order chi connectivity index (χ0) is 13.5. The monoisotopic (exact) mass is 272 g/mol. The molecule has 0 radical (unpaired) electrons. The van der Waals surface area contributed by atoms with Crippen LogP contribution in [0.1, 0.15) is 20.3 Å². The first-order chi connectivity index (χ1) is 8.58. The van der Waals surface area contributed by atoms with Crippen LogP contribution in [0.25, 0.3) is 0 Å². The number of thioether (sulfide) groups is 1. The number of rotatable bonds is 7. The highest BCUT2D eigenvalue weighted by atomic mass is 32.2. The number of nitrogens with zero attached hydrogens (tertiary/aromatic N) is 3. The van der Waals surface area contributed by atoms with Gasteiger partial charge in [-0.1, -0.05) is 25.6 Å². The Bertz CT molecular complexity index is 416. The van der Waals surface area contributed by atoms with E-state index in [1.807, 2.05) is 6.92 Å². The van der Waals surface area contributed by atoms with Crippen molar-refractivity contribution in [1.82, 2.24) is 9.97 Å². The number of aromatic nitrogens is 2. The van der Waals surface area contributed by atoms with E-state index in [4.69, 9.17) is 5.11 Å². The number of hydrogen-bond donors (Lipinski definition) is 2. The third-order valence-electron chi connectivity index (χ3n) is 2.04. The van der Waals surface area contributed by atoms with E-state index in [0.29, 0.717) is 12.5 Å². The molecule has 0 aromatic carbocycles. The van der Waals surface area contributed by atoms with E-state index >= 15 is 0 Å². The highest BCUT2D eigenvalue weighted by Gasteiger charge is 2.19. The zero-order valence-electron chi connectivity index (χ0n) is 10.3. The van der Waals surface area contributed by atoms with E-state index in [1.54, 1.807) is 6.92 Å². The Morgan fingerprint density at radius 1 is 1.67 bits per heavy atom. The Labute approximate surface area is 109 Å². The van der Waals surface area contributed by atoms with Crippen LogP contribution in [-0.4, -0.2) is 38.4 Å². The lowest BCUT2D eigenvalue weighted by Crippen LogP contribution is -2.08. The van der Waals surface area contributed by atoms with Crippen molar-refractivity contribution >= 4 is 23.4 Å². The molecule has 100 valence electrons. The van der Waals surface area contributed by atoms with Gasteiger partial charge in [-0.05, 0) is 6.42 Å². The summed E-state index contributed by atoms with van der Waals surface area (Å²) in [6, 6.07) is 0. The average Bonchev–Trinajstić information content (AvgIpc) is 2.36. The summed E-state index contributed by atoms with van der Waals surface area (Å²) >= 11 is 1.16. The Morgan fingerprint density at radius 2 is 2.39 bits per heavy atom. The zero-order valence-corrected chi connectivity index (χ0v) is 11.1. The van der Waals surface area contributed by atoms with Crippen molar-refractivity contribution in [3.05, 3.63) is 16.3 Å². The third kappa shape index (κ3) is 4.11. The summed E-state index contributed by atoms with van der Waals surface area (Å²) in [7, 11) is 0. The lowest BCUT2D eigenvalue weighted by Gasteiger charge is -2.08. The molecule has 1 heterocycles. The maximum atomic E-state index is 10.8. The quantitative estimate of drug-likeness (QED) is 0.337. The van der Waals surface area contributed by atoms with Gasteiger partial charge in [-0.25, -0.2) is 4.98 Å². The van der Waals surface area contributed by atoms with Gasteiger partial charge in [0.25, 0.3) is 0 Å². The van der Waals surface area contributed by atoms with Crippen molar-refractivity contribution < 1.29 is 10.0 Å². The highest BCUT2D eigenvalue weighted by Crippen LogP contribution is 2.30. The second kappa shape index (κ2) is 7.12. The van der Waals surface area contributed by atoms with Crippen LogP contribution in [0.2, 0.25) is 0 Å². The number of nitro groups is 1. The molecule has 0 aliphatic heterocycles. The minimum atomic E-state index is -0.518. The van der Waals surface area contributed by atoms with Gasteiger partial charge in [0.15, 0.2) is 5.03 Å². The van der Waals surface area contributed by atoms with Crippen LogP contribution in [0.5, 0.6) is 0 Å². The Hall–Kier alpha value is -1.41. The number of aliphatic hydroxyl groups excluding tert-OH is 1. The van der Waals surface area contributed by atoms with Gasteiger partial charge in [0.05, 0.1) is 11.5 Å². The van der Waals surface area contributed by atoms with Crippen LogP contribution < -0.4 is 5.32 Å². The SMILES string of the molecule is CCCNc1ncc([N+](=O)[O-])c(SC(C)CO)n1. The molecule has 0 bridgehead atoms. The number of hydrogen-bond acceptors (Lipinski definition) is 7. The molecule has 0 aliphatic rings.